The Hall–Kier alpha value is -3.42. The van der Waals surface area contributed by atoms with Crippen LogP contribution < -0.4 is 73.9 Å². The molecule has 0 bridgehead atoms. The molecule has 0 heterocycles. The minimum absolute atomic E-state index is 0. The molecule has 0 saturated heterocycles. The van der Waals surface area contributed by atoms with E-state index in [1.807, 2.05) is 30.3 Å². The van der Waals surface area contributed by atoms with Gasteiger partial charge in [0.25, 0.3) is 0 Å². The third kappa shape index (κ3) is 9.43. The van der Waals surface area contributed by atoms with E-state index in [1.54, 1.807) is 25.1 Å². The van der Waals surface area contributed by atoms with Crippen LogP contribution in [0.1, 0.15) is 5.56 Å². The second-order valence-electron chi connectivity index (χ2n) is 9.95. The van der Waals surface area contributed by atoms with Crippen molar-refractivity contribution in [2.45, 2.75) is 16.7 Å². The van der Waals surface area contributed by atoms with Crippen LogP contribution in [-0.4, -0.2) is 45.3 Å². The van der Waals surface area contributed by atoms with Gasteiger partial charge in [0.2, 0.25) is 0 Å². The Morgan fingerprint density at radius 1 is 0.673 bits per heavy atom. The first kappa shape index (κ1) is 40.0. The van der Waals surface area contributed by atoms with Gasteiger partial charge < -0.3 is 29.0 Å². The zero-order chi connectivity index (χ0) is 33.9. The summed E-state index contributed by atoms with van der Waals surface area (Å²) in [6.45, 7) is 1.62. The smallest absolute Gasteiger partial charge is 0.744 e. The van der Waals surface area contributed by atoms with Gasteiger partial charge in [0.15, 0.2) is 5.75 Å². The molecule has 0 aliphatic rings. The standard InChI is InChI=1S/C31H27N5O9S2.2Na/c1-18-13-26(27(45-3)17-25(18)34-33-24-12-10-22(44-2)16-28(24)46(38,39)40)35-36-30-29(47(41,42)43)15-19-14-21(9-11-23(19)31(30)37)32-20-7-5-4-6-8-20;;/h4-17,32,37H,1-3H3,(H,38,39,40)(H,41,42,43);;/q;2*+1/p-2. The summed E-state index contributed by atoms with van der Waals surface area (Å²) in [5.74, 6) is -0.346. The molecule has 14 nitrogen and oxygen atoms in total. The Morgan fingerprint density at radius 2 is 1.33 bits per heavy atom. The molecule has 5 aromatic rings. The van der Waals surface area contributed by atoms with E-state index < -0.39 is 41.5 Å². The molecular weight excluding hydrogens is 696 g/mol. The first-order chi connectivity index (χ1) is 22.3. The SMILES string of the molecule is COc1ccc(N=Nc2cc(OC)c(N=Nc3c(S(=O)(=O)[O-])cc4cc(Nc5ccccc5)ccc4c3O)cc2C)c(S(=O)(=O)[O-])c1.[Na+].[Na+]. The summed E-state index contributed by atoms with van der Waals surface area (Å²) in [5, 5.41) is 30.7. The Morgan fingerprint density at radius 3 is 1.96 bits per heavy atom. The second-order valence-corrected chi connectivity index (χ2v) is 12.6. The summed E-state index contributed by atoms with van der Waals surface area (Å²) in [4.78, 5) is -1.41. The summed E-state index contributed by atoms with van der Waals surface area (Å²) in [6.07, 6.45) is 0. The maximum atomic E-state index is 12.3. The fraction of sp³-hybridized carbons (Fsp3) is 0.0968. The zero-order valence-corrected chi connectivity index (χ0v) is 32.5. The van der Waals surface area contributed by atoms with Gasteiger partial charge in [-0.05, 0) is 78.5 Å². The number of rotatable bonds is 10. The van der Waals surface area contributed by atoms with E-state index in [0.29, 0.717) is 11.3 Å². The van der Waals surface area contributed by atoms with Crippen LogP contribution in [0, 0.1) is 6.92 Å². The molecule has 0 unspecified atom stereocenters. The number of fused-ring (bicyclic) bond motifs is 1. The molecule has 0 aliphatic carbocycles. The van der Waals surface area contributed by atoms with Crippen molar-refractivity contribution in [3.05, 3.63) is 90.5 Å². The van der Waals surface area contributed by atoms with E-state index in [-0.39, 0.29) is 98.4 Å². The van der Waals surface area contributed by atoms with Crippen molar-refractivity contribution < 1.29 is 99.6 Å². The van der Waals surface area contributed by atoms with Gasteiger partial charge in [0, 0.05) is 22.8 Å². The molecular formula is C31H25N5Na2O9S2. The Kier molecular flexibility index (Phi) is 13.5. The van der Waals surface area contributed by atoms with Crippen LogP contribution >= 0.6 is 0 Å². The Bertz CT molecular complexity index is 2290. The van der Waals surface area contributed by atoms with Crippen molar-refractivity contribution in [3.63, 3.8) is 0 Å². The van der Waals surface area contributed by atoms with Gasteiger partial charge in [0.1, 0.15) is 48.8 Å². The molecule has 0 aliphatic heterocycles. The first-order valence-corrected chi connectivity index (χ1v) is 16.3. The normalized spacial score (nSPS) is 11.7. The van der Waals surface area contributed by atoms with E-state index in [1.165, 1.54) is 38.5 Å². The van der Waals surface area contributed by atoms with Crippen molar-refractivity contribution in [3.8, 4) is 17.2 Å². The van der Waals surface area contributed by atoms with Crippen molar-refractivity contribution in [1.29, 1.82) is 0 Å². The van der Waals surface area contributed by atoms with Gasteiger partial charge >= 0.3 is 59.1 Å². The van der Waals surface area contributed by atoms with E-state index in [0.717, 1.165) is 17.8 Å². The van der Waals surface area contributed by atoms with Gasteiger partial charge in [-0.2, -0.15) is 5.11 Å². The van der Waals surface area contributed by atoms with Crippen LogP contribution in [0.15, 0.2) is 115 Å². The number of hydrogen-bond acceptors (Lipinski definition) is 14. The quantitative estimate of drug-likeness (QED) is 0.120. The van der Waals surface area contributed by atoms with Crippen LogP contribution in [0.4, 0.5) is 34.1 Å². The topological polar surface area (TPSA) is 215 Å². The summed E-state index contributed by atoms with van der Waals surface area (Å²) >= 11 is 0. The number of ether oxygens (including phenoxy) is 2. The molecule has 0 saturated carbocycles. The van der Waals surface area contributed by atoms with Crippen LogP contribution in [0.3, 0.4) is 0 Å². The fourth-order valence-electron chi connectivity index (χ4n) is 4.53. The number of phenols is 1. The molecule has 0 amide bonds. The van der Waals surface area contributed by atoms with Gasteiger partial charge in [0.05, 0.1) is 29.7 Å². The molecule has 18 heteroatoms. The van der Waals surface area contributed by atoms with Gasteiger partial charge in [-0.15, -0.1) is 15.3 Å². The fourth-order valence-corrected chi connectivity index (χ4v) is 5.80. The third-order valence-corrected chi connectivity index (χ3v) is 8.56. The number of nitrogens with one attached hydrogen (secondary N) is 1. The van der Waals surface area contributed by atoms with Crippen molar-refractivity contribution in [1.82, 2.24) is 0 Å². The Balaban J connectivity index is 0.00000325. The largest absolute Gasteiger partial charge is 1.00 e. The minimum Gasteiger partial charge on any atom is -0.744 e. The number of phenolic OH excluding ortho intramolecular Hbond substituents is 1. The number of anilines is 2. The number of methoxy groups -OCH3 is 2. The predicted octanol–water partition coefficient (Wildman–Crippen LogP) is 1.26. The maximum Gasteiger partial charge on any atom is 1.00 e. The molecule has 242 valence electrons. The molecule has 0 atom stereocenters. The van der Waals surface area contributed by atoms with Crippen LogP contribution in [0.5, 0.6) is 17.2 Å². The first-order valence-electron chi connectivity index (χ1n) is 13.5. The van der Waals surface area contributed by atoms with E-state index in [4.69, 9.17) is 9.47 Å². The summed E-state index contributed by atoms with van der Waals surface area (Å²) in [5.41, 5.74) is 1.31. The third-order valence-electron chi connectivity index (χ3n) is 6.84. The number of aryl methyl sites for hydroxylation is 1. The number of nitrogens with zero attached hydrogens (tertiary/aromatic N) is 4. The van der Waals surface area contributed by atoms with Gasteiger partial charge in [-0.3, -0.25) is 0 Å². The van der Waals surface area contributed by atoms with Crippen LogP contribution in [0.25, 0.3) is 10.8 Å². The molecule has 5 rings (SSSR count). The second kappa shape index (κ2) is 16.5. The number of aromatic hydroxyl groups is 1. The summed E-state index contributed by atoms with van der Waals surface area (Å²) in [7, 11) is -7.40. The molecule has 0 spiro atoms. The van der Waals surface area contributed by atoms with Crippen molar-refractivity contribution in [2.75, 3.05) is 19.5 Å². The summed E-state index contributed by atoms with van der Waals surface area (Å²) in [6, 6.07) is 21.7. The van der Waals surface area contributed by atoms with Crippen LogP contribution in [-0.2, 0) is 20.2 Å². The number of hydrogen-bond donors (Lipinski definition) is 2. The number of benzene rings is 5. The average molecular weight is 722 g/mol. The zero-order valence-electron chi connectivity index (χ0n) is 26.9. The Labute approximate surface area is 326 Å². The number of azo groups is 2. The molecule has 0 fully saturated rings. The average Bonchev–Trinajstić information content (AvgIpc) is 3.03. The van der Waals surface area contributed by atoms with Gasteiger partial charge in [-0.1, -0.05) is 18.2 Å². The number of para-hydroxylation sites is 1. The molecule has 0 aromatic heterocycles. The van der Waals surface area contributed by atoms with Gasteiger partial charge in [-0.25, -0.2) is 16.8 Å². The van der Waals surface area contributed by atoms with E-state index >= 15 is 0 Å². The molecule has 49 heavy (non-hydrogen) atoms. The maximum absolute atomic E-state index is 12.3. The summed E-state index contributed by atoms with van der Waals surface area (Å²) < 4.78 is 82.5. The van der Waals surface area contributed by atoms with E-state index in [9.17, 15) is 31.0 Å². The van der Waals surface area contributed by atoms with Crippen molar-refractivity contribution >= 4 is 65.1 Å². The molecule has 5 aromatic carbocycles. The predicted molar refractivity (Wildman–Crippen MR) is 170 cm³/mol. The molecule has 0 radical (unpaired) electrons. The van der Waals surface area contributed by atoms with E-state index in [2.05, 4.69) is 25.8 Å². The monoisotopic (exact) mass is 721 g/mol. The van der Waals surface area contributed by atoms with Crippen LogP contribution in [0.2, 0.25) is 0 Å². The molecule has 2 N–H and O–H groups in total. The minimum atomic E-state index is -5.12. The van der Waals surface area contributed by atoms with Crippen molar-refractivity contribution in [2.24, 2.45) is 20.5 Å².